The molecule has 0 amide bonds. The van der Waals surface area contributed by atoms with Crippen LogP contribution in [0.4, 0.5) is 0 Å². The van der Waals surface area contributed by atoms with Gasteiger partial charge in [0.25, 0.3) is 0 Å². The minimum atomic E-state index is -0.956. The van der Waals surface area contributed by atoms with E-state index in [2.05, 4.69) is 10.5 Å². The lowest BCUT2D eigenvalue weighted by atomic mass is 9.79. The Morgan fingerprint density at radius 1 is 1.27 bits per heavy atom. The molecule has 1 heterocycles. The Hall–Kier alpha value is -2.55. The van der Waals surface area contributed by atoms with Crippen molar-refractivity contribution in [2.24, 2.45) is 16.8 Å². The van der Waals surface area contributed by atoms with Crippen LogP contribution in [0.25, 0.3) is 0 Å². The summed E-state index contributed by atoms with van der Waals surface area (Å²) in [5.41, 5.74) is 4.74. The van der Waals surface area contributed by atoms with Gasteiger partial charge in [-0.15, -0.1) is 0 Å². The summed E-state index contributed by atoms with van der Waals surface area (Å²) in [6.45, 7) is 0.380. The van der Waals surface area contributed by atoms with Gasteiger partial charge < -0.3 is 25.7 Å². The number of nitrogens with two attached hydrogens (primary N) is 2. The van der Waals surface area contributed by atoms with Crippen molar-refractivity contribution in [2.45, 2.75) is 6.61 Å². The number of hydrazine groups is 1. The molecule has 0 unspecified atom stereocenters. The van der Waals surface area contributed by atoms with E-state index in [0.717, 1.165) is 11.1 Å². The van der Waals surface area contributed by atoms with E-state index in [1.807, 2.05) is 12.1 Å². The first kappa shape index (κ1) is 14.4. The van der Waals surface area contributed by atoms with Crippen molar-refractivity contribution in [3.05, 3.63) is 53.6 Å². The van der Waals surface area contributed by atoms with Crippen molar-refractivity contribution in [1.29, 1.82) is 0 Å². The summed E-state index contributed by atoms with van der Waals surface area (Å²) in [5.74, 6) is 12.1. The van der Waals surface area contributed by atoms with Crippen molar-refractivity contribution in [1.82, 2.24) is 5.43 Å². The standard InChI is InChI=1S/C14H15BN4O3/c16-18-14(19-17)9-4-6-11(7-5-9)22-12-3-1-2-10-8-21-15(20)13(10)12/h1-7,20H,8,16-17H2,(H,18,19). The molecule has 22 heavy (non-hydrogen) atoms. The summed E-state index contributed by atoms with van der Waals surface area (Å²) >= 11 is 0. The Morgan fingerprint density at radius 3 is 2.73 bits per heavy atom. The van der Waals surface area contributed by atoms with Crippen molar-refractivity contribution in [3.8, 4) is 11.5 Å². The molecule has 2 aromatic rings. The van der Waals surface area contributed by atoms with Crippen molar-refractivity contribution < 1.29 is 14.4 Å². The molecule has 0 atom stereocenters. The van der Waals surface area contributed by atoms with Crippen LogP contribution in [0.3, 0.4) is 0 Å². The number of fused-ring (bicyclic) bond motifs is 1. The summed E-state index contributed by atoms with van der Waals surface area (Å²) in [5, 5.41) is 13.4. The molecule has 0 saturated heterocycles. The molecule has 8 heteroatoms. The van der Waals surface area contributed by atoms with Crippen LogP contribution in [-0.2, 0) is 11.3 Å². The van der Waals surface area contributed by atoms with Crippen LogP contribution < -0.4 is 27.3 Å². The minimum Gasteiger partial charge on any atom is -0.458 e. The van der Waals surface area contributed by atoms with E-state index in [0.29, 0.717) is 29.4 Å². The third-order valence-corrected chi connectivity index (χ3v) is 3.42. The molecule has 112 valence electrons. The van der Waals surface area contributed by atoms with E-state index >= 15 is 0 Å². The lowest BCUT2D eigenvalue weighted by molar-refractivity contribution is 0.275. The number of nitrogens with one attached hydrogen (secondary N) is 1. The average Bonchev–Trinajstić information content (AvgIpc) is 2.93. The molecule has 3 rings (SSSR count). The zero-order valence-corrected chi connectivity index (χ0v) is 11.7. The maximum Gasteiger partial charge on any atom is 0.495 e. The Labute approximate surface area is 127 Å². The highest BCUT2D eigenvalue weighted by molar-refractivity contribution is 6.62. The molecular weight excluding hydrogens is 283 g/mol. The van der Waals surface area contributed by atoms with Gasteiger partial charge in [-0.3, -0.25) is 0 Å². The second-order valence-electron chi connectivity index (χ2n) is 4.74. The van der Waals surface area contributed by atoms with Crippen molar-refractivity contribution in [3.63, 3.8) is 0 Å². The second kappa shape index (κ2) is 6.06. The number of rotatable bonds is 3. The molecule has 0 radical (unpaired) electrons. The molecule has 0 saturated carbocycles. The summed E-state index contributed by atoms with van der Waals surface area (Å²) in [6, 6.07) is 12.6. The van der Waals surface area contributed by atoms with E-state index in [-0.39, 0.29) is 0 Å². The molecule has 2 aromatic carbocycles. The fourth-order valence-corrected chi connectivity index (χ4v) is 2.34. The van der Waals surface area contributed by atoms with E-state index < -0.39 is 7.12 Å². The van der Waals surface area contributed by atoms with Crippen LogP contribution in [0.2, 0.25) is 0 Å². The SMILES string of the molecule is N/N=C(\NN)c1ccc(Oc2cccc3c2B(O)OC3)cc1. The quantitative estimate of drug-likeness (QED) is 0.205. The smallest absolute Gasteiger partial charge is 0.458 e. The Balaban J connectivity index is 1.84. The molecule has 0 aromatic heterocycles. The fourth-order valence-electron chi connectivity index (χ4n) is 2.34. The van der Waals surface area contributed by atoms with E-state index in [4.69, 9.17) is 21.1 Å². The van der Waals surface area contributed by atoms with Gasteiger partial charge in [0, 0.05) is 11.0 Å². The number of amidine groups is 1. The van der Waals surface area contributed by atoms with Crippen LogP contribution in [0.15, 0.2) is 47.6 Å². The zero-order valence-electron chi connectivity index (χ0n) is 11.7. The maximum absolute atomic E-state index is 9.87. The first-order chi connectivity index (χ1) is 10.7. The molecule has 7 nitrogen and oxygen atoms in total. The molecule has 1 aliphatic heterocycles. The molecular formula is C14H15BN4O3. The van der Waals surface area contributed by atoms with Gasteiger partial charge in [-0.05, 0) is 35.9 Å². The van der Waals surface area contributed by atoms with Gasteiger partial charge in [-0.1, -0.05) is 12.1 Å². The van der Waals surface area contributed by atoms with Gasteiger partial charge in [0.1, 0.15) is 11.5 Å². The van der Waals surface area contributed by atoms with E-state index in [1.54, 1.807) is 30.3 Å². The third-order valence-electron chi connectivity index (χ3n) is 3.42. The fraction of sp³-hybridized carbons (Fsp3) is 0.0714. The lowest BCUT2D eigenvalue weighted by Gasteiger charge is -2.11. The summed E-state index contributed by atoms with van der Waals surface area (Å²) in [7, 11) is -0.956. The number of hydrogen-bond donors (Lipinski definition) is 4. The normalized spacial score (nSPS) is 13.9. The van der Waals surface area contributed by atoms with Gasteiger partial charge in [-0.2, -0.15) is 5.10 Å². The highest BCUT2D eigenvalue weighted by Gasteiger charge is 2.31. The number of ether oxygens (including phenoxy) is 1. The first-order valence-corrected chi connectivity index (χ1v) is 6.67. The van der Waals surface area contributed by atoms with Gasteiger partial charge in [0.15, 0.2) is 5.84 Å². The minimum absolute atomic E-state index is 0.371. The van der Waals surface area contributed by atoms with Crippen LogP contribution >= 0.6 is 0 Å². The summed E-state index contributed by atoms with van der Waals surface area (Å²) < 4.78 is 11.0. The van der Waals surface area contributed by atoms with Gasteiger partial charge >= 0.3 is 7.12 Å². The van der Waals surface area contributed by atoms with Gasteiger partial charge in [0.2, 0.25) is 0 Å². The molecule has 6 N–H and O–H groups in total. The number of nitrogens with zero attached hydrogens (tertiary/aromatic N) is 1. The zero-order chi connectivity index (χ0) is 15.5. The molecule has 0 spiro atoms. The van der Waals surface area contributed by atoms with Crippen molar-refractivity contribution in [2.75, 3.05) is 0 Å². The Bertz CT molecular complexity index is 706. The van der Waals surface area contributed by atoms with Gasteiger partial charge in [0.05, 0.1) is 6.61 Å². The molecule has 0 fully saturated rings. The molecule has 0 bridgehead atoms. The summed E-state index contributed by atoms with van der Waals surface area (Å²) in [6.07, 6.45) is 0. The van der Waals surface area contributed by atoms with Gasteiger partial charge in [-0.25, -0.2) is 5.84 Å². The Kier molecular flexibility index (Phi) is 3.97. The van der Waals surface area contributed by atoms with Crippen LogP contribution in [0.5, 0.6) is 11.5 Å². The third kappa shape index (κ3) is 2.62. The lowest BCUT2D eigenvalue weighted by Crippen LogP contribution is -2.32. The largest absolute Gasteiger partial charge is 0.495 e. The highest BCUT2D eigenvalue weighted by atomic mass is 16.5. The van der Waals surface area contributed by atoms with Crippen molar-refractivity contribution >= 4 is 18.4 Å². The van der Waals surface area contributed by atoms with E-state index in [9.17, 15) is 5.02 Å². The van der Waals surface area contributed by atoms with E-state index in [1.165, 1.54) is 0 Å². The maximum atomic E-state index is 9.87. The molecule has 0 aliphatic carbocycles. The predicted octanol–water partition coefficient (Wildman–Crippen LogP) is -0.220. The molecule has 1 aliphatic rings. The monoisotopic (exact) mass is 298 g/mol. The first-order valence-electron chi connectivity index (χ1n) is 6.67. The number of benzene rings is 2. The average molecular weight is 298 g/mol. The second-order valence-corrected chi connectivity index (χ2v) is 4.74. The topological polar surface area (TPSA) is 115 Å². The predicted molar refractivity (Wildman–Crippen MR) is 83.4 cm³/mol. The number of hydrogen-bond acceptors (Lipinski definition) is 6. The Morgan fingerprint density at radius 2 is 2.05 bits per heavy atom. The number of hydrazone groups is 1. The summed E-state index contributed by atoms with van der Waals surface area (Å²) in [4.78, 5) is 0. The van der Waals surface area contributed by atoms with Crippen LogP contribution in [-0.4, -0.2) is 18.0 Å². The van der Waals surface area contributed by atoms with Crippen LogP contribution in [0, 0.1) is 0 Å². The van der Waals surface area contributed by atoms with Crippen LogP contribution in [0.1, 0.15) is 11.1 Å². The highest BCUT2D eigenvalue weighted by Crippen LogP contribution is 2.24.